The molecule has 0 spiro atoms. The van der Waals surface area contributed by atoms with Crippen molar-refractivity contribution in [1.82, 2.24) is 0 Å². The number of carbonyl (C=O) groups is 1. The van der Waals surface area contributed by atoms with E-state index in [0.717, 1.165) is 0 Å². The Balaban J connectivity index is -0.0000000383. The number of hydrogen-bond donors (Lipinski definition) is 4. The van der Waals surface area contributed by atoms with E-state index in [1.807, 2.05) is 0 Å². The largest absolute Gasteiger partial charge is 1.00 e. The first-order chi connectivity index (χ1) is 3.73. The van der Waals surface area contributed by atoms with Crippen molar-refractivity contribution in [3.63, 3.8) is 0 Å². The van der Waals surface area contributed by atoms with Gasteiger partial charge in [-0.2, -0.15) is 0 Å². The van der Waals surface area contributed by atoms with Crippen LogP contribution in [0.2, 0.25) is 0 Å². The fourth-order valence-corrected chi connectivity index (χ4v) is 0. The smallest absolute Gasteiger partial charge is 0.794 e. The fraction of sp³-hybridized carbons (Fsp3) is 0. The Kier molecular flexibility index (Phi) is 23.5. The Bertz CT molecular complexity index is 78.9. The molecule has 11 heavy (non-hydrogen) atoms. The summed E-state index contributed by atoms with van der Waals surface area (Å²) in [6.07, 6.45) is -2.08. The standard InChI is InChI=1S/CH2O3.2Na.H3O4Si/c2-1(3)4;;;1-5(2,3)4/h(H2,2,3,4);;;1-3H/q;2*+1;-1/p-1. The van der Waals surface area contributed by atoms with Crippen LogP contribution in [0.25, 0.3) is 0 Å². The molecular formula is CH4Na2O7Si. The number of carboxylic acid groups (broad SMARTS) is 2. The van der Waals surface area contributed by atoms with E-state index in [4.69, 9.17) is 34.2 Å². The molecule has 0 unspecified atom stereocenters. The molecule has 0 aliphatic rings. The van der Waals surface area contributed by atoms with Gasteiger partial charge in [0.1, 0.15) is 0 Å². The summed E-state index contributed by atoms with van der Waals surface area (Å²) < 4.78 is 0. The minimum absolute atomic E-state index is 0. The van der Waals surface area contributed by atoms with Crippen molar-refractivity contribution >= 4 is 15.2 Å². The minimum atomic E-state index is -4.86. The molecule has 0 aromatic carbocycles. The van der Waals surface area contributed by atoms with Crippen LogP contribution in [0.4, 0.5) is 4.79 Å². The maximum Gasteiger partial charge on any atom is 1.00 e. The molecule has 0 amide bonds. The van der Waals surface area contributed by atoms with Crippen molar-refractivity contribution in [3.05, 3.63) is 0 Å². The zero-order chi connectivity index (χ0) is 8.08. The normalized spacial score (nSPS) is 7.64. The molecule has 0 rings (SSSR count). The second-order valence-electron chi connectivity index (χ2n) is 0.840. The third-order valence-electron chi connectivity index (χ3n) is 0. The van der Waals surface area contributed by atoms with Crippen LogP contribution in [-0.2, 0) is 0 Å². The summed E-state index contributed by atoms with van der Waals surface area (Å²) in [5.74, 6) is 0. The number of rotatable bonds is 0. The van der Waals surface area contributed by atoms with E-state index >= 15 is 0 Å². The first-order valence-corrected chi connectivity index (χ1v) is 3.26. The van der Waals surface area contributed by atoms with Crippen LogP contribution in [0.15, 0.2) is 0 Å². The molecule has 7 nitrogen and oxygen atoms in total. The molecule has 0 bridgehead atoms. The Morgan fingerprint density at radius 3 is 1.18 bits per heavy atom. The molecule has 0 aliphatic carbocycles. The monoisotopic (exact) mass is 202 g/mol. The molecule has 0 saturated heterocycles. The van der Waals surface area contributed by atoms with Crippen LogP contribution in [0, 0.1) is 0 Å². The van der Waals surface area contributed by atoms with E-state index in [1.54, 1.807) is 0 Å². The summed E-state index contributed by atoms with van der Waals surface area (Å²) in [5.41, 5.74) is 0. The van der Waals surface area contributed by atoms with Gasteiger partial charge in [0, 0.05) is 0 Å². The van der Waals surface area contributed by atoms with Gasteiger partial charge in [-0.3, -0.25) is 0 Å². The third-order valence-corrected chi connectivity index (χ3v) is 0. The SMILES string of the molecule is O=C([O-])O.[Na+].[Na+].[O-][Si](O)(O)O. The van der Waals surface area contributed by atoms with Gasteiger partial charge < -0.3 is 34.2 Å². The Morgan fingerprint density at radius 2 is 1.18 bits per heavy atom. The summed E-state index contributed by atoms with van der Waals surface area (Å²) in [5, 5.41) is 15.3. The molecule has 0 atom stereocenters. The van der Waals surface area contributed by atoms with Gasteiger partial charge in [-0.15, -0.1) is 0 Å². The van der Waals surface area contributed by atoms with E-state index in [9.17, 15) is 0 Å². The van der Waals surface area contributed by atoms with Crippen molar-refractivity contribution in [2.45, 2.75) is 0 Å². The van der Waals surface area contributed by atoms with Crippen LogP contribution in [-0.4, -0.2) is 34.7 Å². The van der Waals surface area contributed by atoms with Gasteiger partial charge in [0.2, 0.25) is 6.16 Å². The van der Waals surface area contributed by atoms with Crippen LogP contribution in [0.5, 0.6) is 0 Å². The fourth-order valence-electron chi connectivity index (χ4n) is 0. The van der Waals surface area contributed by atoms with Crippen molar-refractivity contribution in [1.29, 1.82) is 0 Å². The van der Waals surface area contributed by atoms with Crippen LogP contribution in [0.3, 0.4) is 0 Å². The molecule has 0 radical (unpaired) electrons. The number of hydrogen-bond acceptors (Lipinski definition) is 6. The van der Waals surface area contributed by atoms with Crippen molar-refractivity contribution < 1.29 is 93.3 Å². The molecular weight excluding hydrogens is 198 g/mol. The molecule has 0 fully saturated rings. The zero-order valence-corrected chi connectivity index (χ0v) is 11.0. The zero-order valence-electron chi connectivity index (χ0n) is 6.01. The van der Waals surface area contributed by atoms with Crippen LogP contribution >= 0.6 is 0 Å². The summed E-state index contributed by atoms with van der Waals surface area (Å²) in [4.78, 5) is 39.0. The quantitative estimate of drug-likeness (QED) is 0.285. The Morgan fingerprint density at radius 1 is 1.18 bits per heavy atom. The molecule has 0 heterocycles. The van der Waals surface area contributed by atoms with Gasteiger partial charge in [0.05, 0.1) is 0 Å². The second kappa shape index (κ2) is 11.3. The summed E-state index contributed by atoms with van der Waals surface area (Å²) in [6, 6.07) is 0. The molecule has 4 N–H and O–H groups in total. The van der Waals surface area contributed by atoms with Gasteiger partial charge in [0.15, 0.2) is 0 Å². The topological polar surface area (TPSA) is 144 Å². The average Bonchev–Trinajstić information content (AvgIpc) is 1.19. The minimum Gasteiger partial charge on any atom is -0.794 e. The van der Waals surface area contributed by atoms with Gasteiger partial charge >= 0.3 is 68.2 Å². The Hall–Kier alpha value is 1.33. The van der Waals surface area contributed by atoms with Crippen molar-refractivity contribution in [3.8, 4) is 0 Å². The summed E-state index contributed by atoms with van der Waals surface area (Å²) >= 11 is 0. The van der Waals surface area contributed by atoms with E-state index in [0.29, 0.717) is 0 Å². The maximum atomic E-state index is 8.91. The first kappa shape index (κ1) is 22.8. The summed E-state index contributed by atoms with van der Waals surface area (Å²) in [7, 11) is -4.86. The molecule has 56 valence electrons. The molecule has 10 heteroatoms. The average molecular weight is 202 g/mol. The van der Waals surface area contributed by atoms with Gasteiger partial charge in [-0.1, -0.05) is 0 Å². The van der Waals surface area contributed by atoms with Crippen molar-refractivity contribution in [2.75, 3.05) is 0 Å². The van der Waals surface area contributed by atoms with E-state index in [1.165, 1.54) is 0 Å². The van der Waals surface area contributed by atoms with E-state index in [-0.39, 0.29) is 59.1 Å². The predicted molar refractivity (Wildman–Crippen MR) is 20.4 cm³/mol. The first-order valence-electron chi connectivity index (χ1n) is 1.51. The van der Waals surface area contributed by atoms with Gasteiger partial charge in [-0.05, 0) is 0 Å². The summed E-state index contributed by atoms with van der Waals surface area (Å²) in [6.45, 7) is 0. The third kappa shape index (κ3) is 560. The second-order valence-corrected chi connectivity index (χ2v) is 1.99. The van der Waals surface area contributed by atoms with Crippen LogP contribution < -0.4 is 69.0 Å². The molecule has 0 aromatic heterocycles. The molecule has 0 saturated carbocycles. The van der Waals surface area contributed by atoms with E-state index < -0.39 is 15.2 Å². The maximum absolute atomic E-state index is 8.91. The van der Waals surface area contributed by atoms with Gasteiger partial charge in [-0.25, -0.2) is 0 Å². The molecule has 0 aromatic rings. The van der Waals surface area contributed by atoms with E-state index in [2.05, 4.69) is 0 Å². The Labute approximate surface area is 107 Å². The molecule has 0 aliphatic heterocycles. The predicted octanol–water partition coefficient (Wildman–Crippen LogP) is -10.3. The van der Waals surface area contributed by atoms with Crippen LogP contribution in [0.1, 0.15) is 0 Å². The van der Waals surface area contributed by atoms with Gasteiger partial charge in [0.25, 0.3) is 0 Å². The van der Waals surface area contributed by atoms with Crippen molar-refractivity contribution in [2.24, 2.45) is 0 Å².